The molecule has 3 nitrogen and oxygen atoms in total. The quantitative estimate of drug-likeness (QED) is 0.182. The minimum absolute atomic E-state index is 0.698. The standard InChI is InChI=1S/C45H29N3/c1-2-10-33(11-3-1)42-28-43(34-21-16-30(17-22-34)37-12-8-26-46-29-37)48-45(47-42)35-23-18-32(19-24-35)41-27-36-25-20-31-9-4-5-13-38(31)44(36)40-15-7-6-14-39(40)41/h1-29H. The van der Waals surface area contributed by atoms with Gasteiger partial charge in [0, 0.05) is 29.1 Å². The van der Waals surface area contributed by atoms with Crippen LogP contribution in [-0.4, -0.2) is 15.0 Å². The highest BCUT2D eigenvalue weighted by Crippen LogP contribution is 2.39. The third-order valence-electron chi connectivity index (χ3n) is 9.17. The molecule has 48 heavy (non-hydrogen) atoms. The Bertz CT molecular complexity index is 2580. The fourth-order valence-corrected chi connectivity index (χ4v) is 6.76. The third-order valence-corrected chi connectivity index (χ3v) is 9.17. The predicted octanol–water partition coefficient (Wildman–Crippen LogP) is 11.7. The van der Waals surface area contributed by atoms with Crippen LogP contribution < -0.4 is 0 Å². The van der Waals surface area contributed by atoms with E-state index in [0.717, 1.165) is 44.8 Å². The number of benzene rings is 7. The van der Waals surface area contributed by atoms with Gasteiger partial charge in [-0.05, 0) is 72.8 Å². The number of fused-ring (bicyclic) bond motifs is 5. The molecule has 9 rings (SSSR count). The summed E-state index contributed by atoms with van der Waals surface area (Å²) in [5.74, 6) is 0.698. The average molecular weight is 612 g/mol. The van der Waals surface area contributed by atoms with Crippen LogP contribution in [0, 0.1) is 0 Å². The summed E-state index contributed by atoms with van der Waals surface area (Å²) in [5, 5.41) is 7.60. The maximum Gasteiger partial charge on any atom is 0.160 e. The zero-order valence-electron chi connectivity index (χ0n) is 26.1. The van der Waals surface area contributed by atoms with E-state index in [0.29, 0.717) is 5.82 Å². The summed E-state index contributed by atoms with van der Waals surface area (Å²) >= 11 is 0. The molecular weight excluding hydrogens is 583 g/mol. The van der Waals surface area contributed by atoms with Crippen LogP contribution in [0.1, 0.15) is 0 Å². The van der Waals surface area contributed by atoms with Crippen molar-refractivity contribution in [1.82, 2.24) is 15.0 Å². The van der Waals surface area contributed by atoms with Crippen LogP contribution in [0.5, 0.6) is 0 Å². The van der Waals surface area contributed by atoms with E-state index in [-0.39, 0.29) is 0 Å². The van der Waals surface area contributed by atoms with Crippen molar-refractivity contribution in [2.24, 2.45) is 0 Å². The summed E-state index contributed by atoms with van der Waals surface area (Å²) in [6, 6.07) is 57.8. The predicted molar refractivity (Wildman–Crippen MR) is 200 cm³/mol. The van der Waals surface area contributed by atoms with Crippen LogP contribution in [0.4, 0.5) is 0 Å². The summed E-state index contributed by atoms with van der Waals surface area (Å²) in [7, 11) is 0. The summed E-state index contributed by atoms with van der Waals surface area (Å²) in [4.78, 5) is 14.4. The second-order valence-electron chi connectivity index (χ2n) is 12.1. The SMILES string of the molecule is c1ccc(-c2cc(-c3ccc(-c4cccnc4)cc3)nc(-c3ccc(-c4cc5ccc6ccccc6c5c5ccccc45)cc3)n2)cc1. The number of rotatable bonds is 5. The van der Waals surface area contributed by atoms with Gasteiger partial charge in [-0.3, -0.25) is 4.98 Å². The molecule has 2 aromatic heterocycles. The molecule has 3 heteroatoms. The van der Waals surface area contributed by atoms with Crippen molar-refractivity contribution in [3.8, 4) is 56.2 Å². The second-order valence-corrected chi connectivity index (χ2v) is 12.1. The Hall–Kier alpha value is -6.45. The molecule has 0 N–H and O–H groups in total. The molecule has 0 saturated carbocycles. The second kappa shape index (κ2) is 11.7. The molecule has 7 aromatic carbocycles. The lowest BCUT2D eigenvalue weighted by atomic mass is 9.90. The lowest BCUT2D eigenvalue weighted by Crippen LogP contribution is -1.96. The molecule has 0 bridgehead atoms. The minimum atomic E-state index is 0.698. The molecule has 0 atom stereocenters. The highest BCUT2D eigenvalue weighted by molar-refractivity contribution is 6.23. The fourth-order valence-electron chi connectivity index (χ4n) is 6.76. The van der Waals surface area contributed by atoms with Gasteiger partial charge in [0.25, 0.3) is 0 Å². The van der Waals surface area contributed by atoms with E-state index in [1.165, 1.54) is 37.9 Å². The molecule has 2 heterocycles. The summed E-state index contributed by atoms with van der Waals surface area (Å²) < 4.78 is 0. The molecule has 0 saturated heterocycles. The van der Waals surface area contributed by atoms with Crippen molar-refractivity contribution >= 4 is 32.3 Å². The first kappa shape index (κ1) is 27.8. The molecule has 224 valence electrons. The van der Waals surface area contributed by atoms with Crippen molar-refractivity contribution < 1.29 is 0 Å². The topological polar surface area (TPSA) is 38.7 Å². The number of pyridine rings is 1. The number of aromatic nitrogens is 3. The molecule has 0 amide bonds. The molecule has 0 fully saturated rings. The monoisotopic (exact) mass is 611 g/mol. The van der Waals surface area contributed by atoms with Crippen LogP contribution in [0.25, 0.3) is 88.5 Å². The van der Waals surface area contributed by atoms with E-state index in [9.17, 15) is 0 Å². The van der Waals surface area contributed by atoms with E-state index in [4.69, 9.17) is 9.97 Å². The molecule has 0 spiro atoms. The Morgan fingerprint density at radius 3 is 1.69 bits per heavy atom. The average Bonchev–Trinajstić information content (AvgIpc) is 3.18. The first-order valence-corrected chi connectivity index (χ1v) is 16.2. The van der Waals surface area contributed by atoms with E-state index in [1.807, 2.05) is 30.5 Å². The first-order chi connectivity index (χ1) is 23.8. The van der Waals surface area contributed by atoms with Gasteiger partial charge in [-0.25, -0.2) is 9.97 Å². The zero-order valence-corrected chi connectivity index (χ0v) is 26.1. The van der Waals surface area contributed by atoms with Crippen LogP contribution in [-0.2, 0) is 0 Å². The van der Waals surface area contributed by atoms with Crippen molar-refractivity contribution in [2.75, 3.05) is 0 Å². The van der Waals surface area contributed by atoms with Gasteiger partial charge in [0.05, 0.1) is 11.4 Å². The van der Waals surface area contributed by atoms with Crippen LogP contribution in [0.3, 0.4) is 0 Å². The number of hydrogen-bond donors (Lipinski definition) is 0. The molecule has 0 aliphatic heterocycles. The molecular formula is C45H29N3. The Kier molecular flexibility index (Phi) is 6.80. The van der Waals surface area contributed by atoms with E-state index in [1.54, 1.807) is 6.20 Å². The van der Waals surface area contributed by atoms with Crippen LogP contribution in [0.2, 0.25) is 0 Å². The van der Waals surface area contributed by atoms with Gasteiger partial charge in [-0.15, -0.1) is 0 Å². The van der Waals surface area contributed by atoms with E-state index in [2.05, 4.69) is 145 Å². The highest BCUT2D eigenvalue weighted by atomic mass is 14.9. The van der Waals surface area contributed by atoms with Gasteiger partial charge in [-0.2, -0.15) is 0 Å². The maximum absolute atomic E-state index is 5.10. The first-order valence-electron chi connectivity index (χ1n) is 16.2. The molecule has 0 aliphatic rings. The van der Waals surface area contributed by atoms with Gasteiger partial charge in [-0.1, -0.05) is 146 Å². The number of hydrogen-bond acceptors (Lipinski definition) is 3. The molecule has 0 unspecified atom stereocenters. The molecule has 0 radical (unpaired) electrons. The summed E-state index contributed by atoms with van der Waals surface area (Å²) in [5.41, 5.74) is 9.43. The van der Waals surface area contributed by atoms with Gasteiger partial charge in [0.1, 0.15) is 0 Å². The smallest absolute Gasteiger partial charge is 0.160 e. The van der Waals surface area contributed by atoms with Gasteiger partial charge in [0.2, 0.25) is 0 Å². The van der Waals surface area contributed by atoms with Gasteiger partial charge in [0.15, 0.2) is 5.82 Å². The lowest BCUT2D eigenvalue weighted by molar-refractivity contribution is 1.18. The molecule has 9 aromatic rings. The Balaban J connectivity index is 1.14. The van der Waals surface area contributed by atoms with Gasteiger partial charge >= 0.3 is 0 Å². The summed E-state index contributed by atoms with van der Waals surface area (Å²) in [6.45, 7) is 0. The van der Waals surface area contributed by atoms with Crippen molar-refractivity contribution in [2.45, 2.75) is 0 Å². The summed E-state index contributed by atoms with van der Waals surface area (Å²) in [6.07, 6.45) is 3.68. The number of nitrogens with zero attached hydrogens (tertiary/aromatic N) is 3. The minimum Gasteiger partial charge on any atom is -0.264 e. The van der Waals surface area contributed by atoms with Crippen LogP contribution >= 0.6 is 0 Å². The van der Waals surface area contributed by atoms with Crippen molar-refractivity contribution in [3.63, 3.8) is 0 Å². The normalized spacial score (nSPS) is 11.3. The van der Waals surface area contributed by atoms with Crippen molar-refractivity contribution in [3.05, 3.63) is 176 Å². The highest BCUT2D eigenvalue weighted by Gasteiger charge is 2.14. The lowest BCUT2D eigenvalue weighted by Gasteiger charge is -2.14. The zero-order chi connectivity index (χ0) is 31.9. The Morgan fingerprint density at radius 1 is 0.354 bits per heavy atom. The Morgan fingerprint density at radius 2 is 0.938 bits per heavy atom. The fraction of sp³-hybridized carbons (Fsp3) is 0. The van der Waals surface area contributed by atoms with E-state index < -0.39 is 0 Å². The largest absolute Gasteiger partial charge is 0.264 e. The molecule has 0 aliphatic carbocycles. The van der Waals surface area contributed by atoms with E-state index >= 15 is 0 Å². The Labute approximate surface area is 278 Å². The third kappa shape index (κ3) is 4.99. The van der Waals surface area contributed by atoms with Crippen LogP contribution in [0.15, 0.2) is 176 Å². The van der Waals surface area contributed by atoms with Crippen molar-refractivity contribution in [1.29, 1.82) is 0 Å². The maximum atomic E-state index is 5.10. The van der Waals surface area contributed by atoms with Gasteiger partial charge < -0.3 is 0 Å².